The van der Waals surface area contributed by atoms with Crippen LogP contribution in [0.1, 0.15) is 24.7 Å². The molecule has 0 saturated heterocycles. The van der Waals surface area contributed by atoms with E-state index in [1.807, 2.05) is 12.1 Å². The van der Waals surface area contributed by atoms with Gasteiger partial charge in [-0.2, -0.15) is 0 Å². The molecular weight excluding hydrogens is 356 g/mol. The smallest absolute Gasteiger partial charge is 0.107 e. The Morgan fingerprint density at radius 2 is 1.76 bits per heavy atom. The van der Waals surface area contributed by atoms with Gasteiger partial charge in [-0.05, 0) is 55.8 Å². The van der Waals surface area contributed by atoms with Crippen LogP contribution in [0.2, 0.25) is 0 Å². The first kappa shape index (κ1) is 18.0. The van der Waals surface area contributed by atoms with E-state index in [0.717, 1.165) is 49.3 Å². The van der Waals surface area contributed by atoms with Crippen LogP contribution in [0.4, 0.5) is 0 Å². The fourth-order valence-corrected chi connectivity index (χ4v) is 4.29. The van der Waals surface area contributed by atoms with Crippen molar-refractivity contribution < 1.29 is 0 Å². The molecule has 0 radical (unpaired) electrons. The molecule has 0 saturated carbocycles. The number of rotatable bonds is 7. The molecule has 2 N–H and O–H groups in total. The van der Waals surface area contributed by atoms with Crippen molar-refractivity contribution in [2.75, 3.05) is 6.54 Å². The number of fused-ring (bicyclic) bond motifs is 4. The van der Waals surface area contributed by atoms with E-state index >= 15 is 0 Å². The average Bonchev–Trinajstić information content (AvgIpc) is 3.31. The van der Waals surface area contributed by atoms with Crippen LogP contribution >= 0.6 is 0 Å². The van der Waals surface area contributed by atoms with E-state index in [0.29, 0.717) is 0 Å². The Morgan fingerprint density at radius 3 is 2.66 bits per heavy atom. The summed E-state index contributed by atoms with van der Waals surface area (Å²) in [6, 6.07) is 23.8. The van der Waals surface area contributed by atoms with Crippen LogP contribution in [0.5, 0.6) is 0 Å². The predicted octanol–water partition coefficient (Wildman–Crippen LogP) is 5.41. The van der Waals surface area contributed by atoms with Gasteiger partial charge in [0.05, 0.1) is 11.0 Å². The highest BCUT2D eigenvalue weighted by molar-refractivity contribution is 6.08. The third-order valence-corrected chi connectivity index (χ3v) is 5.69. The number of nitrogens with zero attached hydrogens (tertiary/aromatic N) is 2. The summed E-state index contributed by atoms with van der Waals surface area (Å²) in [7, 11) is 0. The average molecular weight is 383 g/mol. The lowest BCUT2D eigenvalue weighted by Crippen LogP contribution is -2.15. The molecule has 0 amide bonds. The van der Waals surface area contributed by atoms with E-state index < -0.39 is 0 Å². The topological polar surface area (TPSA) is 45.6 Å². The van der Waals surface area contributed by atoms with Crippen molar-refractivity contribution in [3.63, 3.8) is 0 Å². The number of aromatic amines is 1. The largest absolute Gasteiger partial charge is 0.342 e. The molecule has 4 heteroatoms. The predicted molar refractivity (Wildman–Crippen MR) is 121 cm³/mol. The molecule has 0 aliphatic heterocycles. The highest BCUT2D eigenvalue weighted by atomic mass is 15.0. The van der Waals surface area contributed by atoms with Gasteiger partial charge in [-0.3, -0.25) is 0 Å². The van der Waals surface area contributed by atoms with E-state index in [2.05, 4.69) is 81.4 Å². The van der Waals surface area contributed by atoms with Gasteiger partial charge in [0, 0.05) is 41.3 Å². The zero-order valence-electron chi connectivity index (χ0n) is 16.8. The minimum atomic E-state index is 0.891. The zero-order chi connectivity index (χ0) is 19.6. The number of hydrogen-bond acceptors (Lipinski definition) is 2. The molecule has 0 aliphatic carbocycles. The van der Waals surface area contributed by atoms with Gasteiger partial charge in [0.2, 0.25) is 0 Å². The van der Waals surface area contributed by atoms with Crippen LogP contribution in [-0.2, 0) is 19.5 Å². The molecule has 0 atom stereocenters. The molecular formula is C25H26N4. The molecule has 0 bridgehead atoms. The normalized spacial score (nSPS) is 11.8. The van der Waals surface area contributed by atoms with Gasteiger partial charge in [0.15, 0.2) is 0 Å². The Kier molecular flexibility index (Phi) is 4.78. The van der Waals surface area contributed by atoms with Gasteiger partial charge in [-0.1, -0.05) is 36.4 Å². The molecule has 0 fully saturated rings. The third kappa shape index (κ3) is 3.40. The number of hydrogen-bond donors (Lipinski definition) is 2. The second-order valence-corrected chi connectivity index (χ2v) is 7.59. The highest BCUT2D eigenvalue weighted by Gasteiger charge is 2.09. The standard InChI is InChI=1S/C25H26N4/c1-2-29-23-11-6-3-8-19(23)20-16-18(13-14-24(20)29)17-26-15-7-12-25-27-21-9-4-5-10-22(21)28-25/h3-6,8-11,13-14,16,26H,2,7,12,15,17H2,1H3,(H,27,28). The van der Waals surface area contributed by atoms with Gasteiger partial charge in [-0.15, -0.1) is 0 Å². The number of benzene rings is 3. The summed E-state index contributed by atoms with van der Waals surface area (Å²) in [5, 5.41) is 6.29. The van der Waals surface area contributed by atoms with Crippen LogP contribution in [0.25, 0.3) is 32.8 Å². The summed E-state index contributed by atoms with van der Waals surface area (Å²) in [4.78, 5) is 8.06. The number of imidazole rings is 1. The molecule has 3 aromatic carbocycles. The lowest BCUT2D eigenvalue weighted by Gasteiger charge is -2.06. The maximum Gasteiger partial charge on any atom is 0.107 e. The van der Waals surface area contributed by atoms with Crippen LogP contribution < -0.4 is 5.32 Å². The van der Waals surface area contributed by atoms with E-state index in [1.165, 1.54) is 27.4 Å². The second-order valence-electron chi connectivity index (χ2n) is 7.59. The first-order chi connectivity index (χ1) is 14.3. The summed E-state index contributed by atoms with van der Waals surface area (Å²) in [6.45, 7) is 5.07. The van der Waals surface area contributed by atoms with Crippen molar-refractivity contribution in [3.05, 3.63) is 78.1 Å². The number of nitrogens with one attached hydrogen (secondary N) is 2. The molecule has 0 aliphatic rings. The maximum atomic E-state index is 4.66. The van der Waals surface area contributed by atoms with Crippen molar-refractivity contribution >= 4 is 32.8 Å². The van der Waals surface area contributed by atoms with E-state index in [-0.39, 0.29) is 0 Å². The quantitative estimate of drug-likeness (QED) is 0.370. The molecule has 4 nitrogen and oxygen atoms in total. The van der Waals surface area contributed by atoms with Crippen LogP contribution in [0.3, 0.4) is 0 Å². The molecule has 5 aromatic rings. The Morgan fingerprint density at radius 1 is 0.931 bits per heavy atom. The first-order valence-corrected chi connectivity index (χ1v) is 10.5. The van der Waals surface area contributed by atoms with Gasteiger partial charge >= 0.3 is 0 Å². The van der Waals surface area contributed by atoms with Gasteiger partial charge in [0.25, 0.3) is 0 Å². The molecule has 2 heterocycles. The fourth-order valence-electron chi connectivity index (χ4n) is 4.29. The van der Waals surface area contributed by atoms with Crippen molar-refractivity contribution in [1.82, 2.24) is 19.9 Å². The minimum Gasteiger partial charge on any atom is -0.342 e. The van der Waals surface area contributed by atoms with Crippen molar-refractivity contribution in [3.8, 4) is 0 Å². The summed E-state index contributed by atoms with van der Waals surface area (Å²) < 4.78 is 2.40. The molecule has 2 aromatic heterocycles. The molecule has 5 rings (SSSR count). The first-order valence-electron chi connectivity index (χ1n) is 10.5. The summed E-state index contributed by atoms with van der Waals surface area (Å²) in [5.74, 6) is 1.07. The van der Waals surface area contributed by atoms with Crippen LogP contribution in [-0.4, -0.2) is 21.1 Å². The van der Waals surface area contributed by atoms with Gasteiger partial charge in [-0.25, -0.2) is 4.98 Å². The minimum absolute atomic E-state index is 0.891. The van der Waals surface area contributed by atoms with Crippen molar-refractivity contribution in [2.45, 2.75) is 32.9 Å². The Balaban J connectivity index is 1.23. The second kappa shape index (κ2) is 7.72. The SMILES string of the molecule is CCn1c2ccccc2c2cc(CNCCCc3nc4ccccc4[nH]3)ccc21. The number of para-hydroxylation sites is 3. The van der Waals surface area contributed by atoms with Crippen LogP contribution in [0.15, 0.2) is 66.7 Å². The molecule has 0 unspecified atom stereocenters. The summed E-state index contributed by atoms with van der Waals surface area (Å²) >= 11 is 0. The van der Waals surface area contributed by atoms with Crippen molar-refractivity contribution in [2.24, 2.45) is 0 Å². The molecule has 29 heavy (non-hydrogen) atoms. The summed E-state index contributed by atoms with van der Waals surface area (Å²) in [6.07, 6.45) is 2.03. The van der Waals surface area contributed by atoms with E-state index in [4.69, 9.17) is 0 Å². The van der Waals surface area contributed by atoms with Gasteiger partial charge in [0.1, 0.15) is 5.82 Å². The Hall–Kier alpha value is -3.11. The Bertz CT molecular complexity index is 1250. The van der Waals surface area contributed by atoms with Crippen LogP contribution in [0, 0.1) is 0 Å². The highest BCUT2D eigenvalue weighted by Crippen LogP contribution is 2.29. The fraction of sp³-hybridized carbons (Fsp3) is 0.240. The zero-order valence-corrected chi connectivity index (χ0v) is 16.8. The number of aryl methyl sites for hydroxylation is 2. The Labute approximate surface area is 170 Å². The maximum absolute atomic E-state index is 4.66. The lowest BCUT2D eigenvalue weighted by atomic mass is 10.1. The monoisotopic (exact) mass is 382 g/mol. The molecule has 0 spiro atoms. The summed E-state index contributed by atoms with van der Waals surface area (Å²) in [5.41, 5.74) is 6.15. The number of aromatic nitrogens is 3. The van der Waals surface area contributed by atoms with Gasteiger partial charge < -0.3 is 14.9 Å². The van der Waals surface area contributed by atoms with Crippen molar-refractivity contribution in [1.29, 1.82) is 0 Å². The lowest BCUT2D eigenvalue weighted by molar-refractivity contribution is 0.642. The molecule has 146 valence electrons. The third-order valence-electron chi connectivity index (χ3n) is 5.69. The van der Waals surface area contributed by atoms with E-state index in [1.54, 1.807) is 0 Å². The van der Waals surface area contributed by atoms with E-state index in [9.17, 15) is 0 Å². The number of H-pyrrole nitrogens is 1.